The van der Waals surface area contributed by atoms with Gasteiger partial charge in [-0.2, -0.15) is 0 Å². The Morgan fingerprint density at radius 3 is 2.32 bits per heavy atom. The summed E-state index contributed by atoms with van der Waals surface area (Å²) < 4.78 is 4.93. The van der Waals surface area contributed by atoms with Crippen molar-refractivity contribution in [2.75, 3.05) is 7.11 Å². The minimum atomic E-state index is -0.312. The van der Waals surface area contributed by atoms with Gasteiger partial charge in [-0.3, -0.25) is 4.79 Å². The second-order valence-electron chi connectivity index (χ2n) is 6.41. The van der Waals surface area contributed by atoms with Gasteiger partial charge in [0, 0.05) is 6.42 Å². The summed E-state index contributed by atoms with van der Waals surface area (Å²) in [6.07, 6.45) is 6.42. The molecule has 2 heteroatoms. The number of rotatable bonds is 4. The lowest BCUT2D eigenvalue weighted by Gasteiger charge is -2.16. The van der Waals surface area contributed by atoms with Crippen LogP contribution in [0.2, 0.25) is 0 Å². The van der Waals surface area contributed by atoms with Crippen LogP contribution < -0.4 is 0 Å². The zero-order valence-corrected chi connectivity index (χ0v) is 14.1. The summed E-state index contributed by atoms with van der Waals surface area (Å²) in [6.45, 7) is 0. The average molecular weight is 326 g/mol. The van der Waals surface area contributed by atoms with Crippen LogP contribution in [0.1, 0.15) is 12.0 Å². The molecule has 0 N–H and O–H groups in total. The van der Waals surface area contributed by atoms with Crippen molar-refractivity contribution in [1.29, 1.82) is 0 Å². The van der Waals surface area contributed by atoms with Gasteiger partial charge in [-0.25, -0.2) is 0 Å². The first-order valence-corrected chi connectivity index (χ1v) is 8.39. The van der Waals surface area contributed by atoms with Crippen molar-refractivity contribution in [3.8, 4) is 12.3 Å². The summed E-state index contributed by atoms with van der Waals surface area (Å²) in [5.74, 6) is 2.04. The summed E-state index contributed by atoms with van der Waals surface area (Å²) in [4.78, 5) is 12.1. The van der Waals surface area contributed by atoms with E-state index in [4.69, 9.17) is 11.2 Å². The third kappa shape index (κ3) is 2.49. The normalized spacial score (nSPS) is 12.5. The Morgan fingerprint density at radius 1 is 1.00 bits per heavy atom. The Balaban J connectivity index is 1.93. The summed E-state index contributed by atoms with van der Waals surface area (Å²) in [6, 6.07) is 19.2. The molecule has 0 spiro atoms. The number of terminal acetylenes is 1. The highest BCUT2D eigenvalue weighted by atomic mass is 16.5. The molecule has 2 nitrogen and oxygen atoms in total. The highest BCUT2D eigenvalue weighted by Crippen LogP contribution is 2.36. The molecule has 25 heavy (non-hydrogen) atoms. The van der Waals surface area contributed by atoms with Crippen molar-refractivity contribution in [2.45, 2.75) is 12.8 Å². The average Bonchev–Trinajstić information content (AvgIpc) is 2.66. The Labute approximate surface area is 146 Å². The number of ether oxygens (including phenoxy) is 1. The van der Waals surface area contributed by atoms with E-state index in [2.05, 4.69) is 60.5 Å². The molecule has 0 unspecified atom stereocenters. The molecular formula is C23H18O2. The fourth-order valence-electron chi connectivity index (χ4n) is 3.79. The molecule has 0 aliphatic rings. The summed E-state index contributed by atoms with van der Waals surface area (Å²) >= 11 is 0. The number of hydrogen-bond donors (Lipinski definition) is 0. The SMILES string of the molecule is C#CC[C@@H](Cc1ccc2ccc3cccc4ccc1c2c34)C(=O)OC. The van der Waals surface area contributed by atoms with E-state index in [0.29, 0.717) is 12.8 Å². The molecule has 0 saturated carbocycles. The van der Waals surface area contributed by atoms with Gasteiger partial charge >= 0.3 is 5.97 Å². The van der Waals surface area contributed by atoms with Gasteiger partial charge in [0.15, 0.2) is 0 Å². The monoisotopic (exact) mass is 326 g/mol. The van der Waals surface area contributed by atoms with Crippen LogP contribution in [0.25, 0.3) is 32.3 Å². The van der Waals surface area contributed by atoms with Crippen LogP contribution >= 0.6 is 0 Å². The topological polar surface area (TPSA) is 26.3 Å². The molecule has 1 atom stereocenters. The molecule has 4 aromatic rings. The standard InChI is InChI=1S/C23H18O2/c1-3-5-19(23(24)25-2)14-18-11-10-17-9-8-15-6-4-7-16-12-13-20(18)22(17)21(15)16/h1,4,6-13,19H,5,14H2,2H3/t19-/m0/s1. The molecule has 0 bridgehead atoms. The molecular weight excluding hydrogens is 308 g/mol. The third-order valence-electron chi connectivity index (χ3n) is 4.98. The predicted octanol–water partition coefficient (Wildman–Crippen LogP) is 4.94. The lowest BCUT2D eigenvalue weighted by atomic mass is 9.88. The van der Waals surface area contributed by atoms with Crippen LogP contribution in [0.5, 0.6) is 0 Å². The van der Waals surface area contributed by atoms with Crippen molar-refractivity contribution in [2.24, 2.45) is 5.92 Å². The highest BCUT2D eigenvalue weighted by Gasteiger charge is 2.20. The van der Waals surface area contributed by atoms with Gasteiger partial charge in [0.2, 0.25) is 0 Å². The lowest BCUT2D eigenvalue weighted by Crippen LogP contribution is -2.18. The first kappa shape index (κ1) is 15.5. The minimum absolute atomic E-state index is 0.247. The molecule has 0 aliphatic carbocycles. The second kappa shape index (κ2) is 6.11. The Hall–Kier alpha value is -3.05. The zero-order chi connectivity index (χ0) is 17.4. The van der Waals surface area contributed by atoms with Crippen LogP contribution in [0, 0.1) is 18.3 Å². The van der Waals surface area contributed by atoms with E-state index in [1.54, 1.807) is 0 Å². The van der Waals surface area contributed by atoms with Gasteiger partial charge in [-0.1, -0.05) is 54.6 Å². The minimum Gasteiger partial charge on any atom is -0.469 e. The molecule has 0 amide bonds. The number of methoxy groups -OCH3 is 1. The maximum atomic E-state index is 12.1. The number of esters is 1. The van der Waals surface area contributed by atoms with Gasteiger partial charge in [0.1, 0.15) is 0 Å². The van der Waals surface area contributed by atoms with Gasteiger partial charge in [0.05, 0.1) is 13.0 Å². The maximum Gasteiger partial charge on any atom is 0.309 e. The maximum absolute atomic E-state index is 12.1. The van der Waals surface area contributed by atoms with Crippen molar-refractivity contribution in [3.05, 3.63) is 60.2 Å². The van der Waals surface area contributed by atoms with E-state index >= 15 is 0 Å². The Kier molecular flexibility index (Phi) is 3.78. The van der Waals surface area contributed by atoms with Crippen molar-refractivity contribution in [1.82, 2.24) is 0 Å². The van der Waals surface area contributed by atoms with Crippen molar-refractivity contribution in [3.63, 3.8) is 0 Å². The number of hydrogen-bond acceptors (Lipinski definition) is 2. The van der Waals surface area contributed by atoms with Crippen molar-refractivity contribution >= 4 is 38.3 Å². The van der Waals surface area contributed by atoms with Gasteiger partial charge < -0.3 is 4.74 Å². The molecule has 0 aromatic heterocycles. The van der Waals surface area contributed by atoms with E-state index in [1.807, 2.05) is 0 Å². The Morgan fingerprint density at radius 2 is 1.64 bits per heavy atom. The smallest absolute Gasteiger partial charge is 0.309 e. The van der Waals surface area contributed by atoms with Gasteiger partial charge in [-0.05, 0) is 44.3 Å². The number of carbonyl (C=O) groups excluding carboxylic acids is 1. The largest absolute Gasteiger partial charge is 0.469 e. The summed E-state index contributed by atoms with van der Waals surface area (Å²) in [7, 11) is 1.41. The second-order valence-corrected chi connectivity index (χ2v) is 6.41. The van der Waals surface area contributed by atoms with E-state index in [9.17, 15) is 4.79 Å². The highest BCUT2D eigenvalue weighted by molar-refractivity contribution is 6.23. The van der Waals surface area contributed by atoms with Crippen molar-refractivity contribution < 1.29 is 9.53 Å². The van der Waals surface area contributed by atoms with Crippen LogP contribution in [-0.2, 0) is 16.0 Å². The molecule has 0 saturated heterocycles. The molecule has 0 aliphatic heterocycles. The number of benzene rings is 4. The molecule has 4 aromatic carbocycles. The molecule has 0 fully saturated rings. The quantitative estimate of drug-likeness (QED) is 0.302. The molecule has 0 radical (unpaired) electrons. The third-order valence-corrected chi connectivity index (χ3v) is 4.98. The van der Waals surface area contributed by atoms with Gasteiger partial charge in [0.25, 0.3) is 0 Å². The van der Waals surface area contributed by atoms with Crippen LogP contribution in [-0.4, -0.2) is 13.1 Å². The van der Waals surface area contributed by atoms with E-state index in [1.165, 1.54) is 39.4 Å². The predicted molar refractivity (Wildman–Crippen MR) is 103 cm³/mol. The first-order valence-electron chi connectivity index (χ1n) is 8.39. The van der Waals surface area contributed by atoms with E-state index in [-0.39, 0.29) is 11.9 Å². The van der Waals surface area contributed by atoms with Crippen LogP contribution in [0.15, 0.2) is 54.6 Å². The first-order chi connectivity index (χ1) is 12.2. The molecule has 122 valence electrons. The lowest BCUT2D eigenvalue weighted by molar-refractivity contribution is -0.145. The Bertz CT molecular complexity index is 1100. The molecule has 0 heterocycles. The van der Waals surface area contributed by atoms with E-state index in [0.717, 1.165) is 5.56 Å². The fourth-order valence-corrected chi connectivity index (χ4v) is 3.79. The number of carbonyl (C=O) groups is 1. The summed E-state index contributed by atoms with van der Waals surface area (Å²) in [5.41, 5.74) is 1.14. The van der Waals surface area contributed by atoms with Crippen LogP contribution in [0.3, 0.4) is 0 Å². The van der Waals surface area contributed by atoms with E-state index < -0.39 is 0 Å². The molecule has 4 rings (SSSR count). The zero-order valence-electron chi connectivity index (χ0n) is 14.1. The van der Waals surface area contributed by atoms with Crippen LogP contribution in [0.4, 0.5) is 0 Å². The summed E-state index contributed by atoms with van der Waals surface area (Å²) in [5, 5.41) is 7.42. The van der Waals surface area contributed by atoms with Gasteiger partial charge in [-0.15, -0.1) is 12.3 Å². The fraction of sp³-hybridized carbons (Fsp3) is 0.174.